The summed E-state index contributed by atoms with van der Waals surface area (Å²) in [7, 11) is -2.42. The standard InChI is InChI=1S/CH2BF2/c1-2(3)4/h1H2. The molecule has 3 heteroatoms. The number of halogens is 2. The highest BCUT2D eigenvalue weighted by Crippen LogP contribution is 1.74. The van der Waals surface area contributed by atoms with Crippen LogP contribution in [0.1, 0.15) is 0 Å². The van der Waals surface area contributed by atoms with Gasteiger partial charge in [0.05, 0.1) is 0 Å². The third-order valence-electron chi connectivity index (χ3n) is 0. The van der Waals surface area contributed by atoms with Gasteiger partial charge in [0, 0.05) is 0 Å². The first-order valence-corrected chi connectivity index (χ1v) is 0.845. The van der Waals surface area contributed by atoms with E-state index in [1.165, 1.54) is 0 Å². The van der Waals surface area contributed by atoms with Gasteiger partial charge in [-0.1, -0.05) is 0 Å². The molecule has 0 bridgehead atoms. The van der Waals surface area contributed by atoms with E-state index in [4.69, 9.17) is 0 Å². The third kappa shape index (κ3) is 292. The van der Waals surface area contributed by atoms with Gasteiger partial charge in [0.25, 0.3) is 0 Å². The smallest absolute Gasteiger partial charge is 0.287 e. The van der Waals surface area contributed by atoms with Gasteiger partial charge in [-0.25, -0.2) is 0 Å². The lowest BCUT2D eigenvalue weighted by Crippen LogP contribution is -1.81. The molecule has 0 aromatic carbocycles. The highest BCUT2D eigenvalue weighted by atomic mass is 19.2. The zero-order valence-corrected chi connectivity index (χ0v) is 2.04. The summed E-state index contributed by atoms with van der Waals surface area (Å²) in [4.78, 5) is 0. The predicted molar refractivity (Wildman–Crippen MR) is 13.3 cm³/mol. The molecule has 1 radical (unpaired) electrons. The monoisotopic (exact) mass is 63.0 g/mol. The Balaban J connectivity index is 2.32. The Morgan fingerprint density at radius 1 is 1.50 bits per heavy atom. The van der Waals surface area contributed by atoms with Crippen molar-refractivity contribution in [3.8, 4) is 0 Å². The van der Waals surface area contributed by atoms with Crippen LogP contribution in [0.5, 0.6) is 0 Å². The molecule has 4 heavy (non-hydrogen) atoms. The molecule has 0 fully saturated rings. The molecule has 0 rings (SSSR count). The van der Waals surface area contributed by atoms with E-state index in [1.54, 1.807) is 0 Å². The van der Waals surface area contributed by atoms with Gasteiger partial charge < -0.3 is 0 Å². The molecule has 0 saturated heterocycles. The summed E-state index contributed by atoms with van der Waals surface area (Å²) in [6, 6.07) is 0. The SMILES string of the molecule is [CH2]B(F)F. The first-order valence-electron chi connectivity index (χ1n) is 0.845. The Kier molecular flexibility index (Phi) is 1.24. The molecule has 0 spiro atoms. The van der Waals surface area contributed by atoms with Crippen molar-refractivity contribution in [2.24, 2.45) is 0 Å². The maximum Gasteiger partial charge on any atom is 0.537 e. The summed E-state index contributed by atoms with van der Waals surface area (Å²) >= 11 is 0. The summed E-state index contributed by atoms with van der Waals surface area (Å²) in [6.45, 7) is 2.31. The zero-order valence-electron chi connectivity index (χ0n) is 2.04. The van der Waals surface area contributed by atoms with E-state index in [9.17, 15) is 8.63 Å². The molecule has 0 aliphatic rings. The van der Waals surface area contributed by atoms with Crippen LogP contribution in [-0.2, 0) is 0 Å². The van der Waals surface area contributed by atoms with Crippen molar-refractivity contribution in [1.82, 2.24) is 0 Å². The van der Waals surface area contributed by atoms with Crippen LogP contribution in [0.15, 0.2) is 0 Å². The van der Waals surface area contributed by atoms with Gasteiger partial charge in [-0.2, -0.15) is 0 Å². The second-order valence-corrected chi connectivity index (χ2v) is 0.391. The van der Waals surface area contributed by atoms with Crippen molar-refractivity contribution in [2.45, 2.75) is 0 Å². The summed E-state index contributed by atoms with van der Waals surface area (Å²) < 4.78 is 20.4. The molecule has 0 N–H and O–H groups in total. The molecule has 23 valence electrons. The lowest BCUT2D eigenvalue weighted by Gasteiger charge is -1.60. The van der Waals surface area contributed by atoms with E-state index < -0.39 is 7.27 Å². The van der Waals surface area contributed by atoms with Crippen molar-refractivity contribution >= 4 is 7.27 Å². The van der Waals surface area contributed by atoms with Crippen LogP contribution in [0, 0.1) is 6.82 Å². The highest BCUT2D eigenvalue weighted by molar-refractivity contribution is 6.44. The van der Waals surface area contributed by atoms with Crippen molar-refractivity contribution in [2.75, 3.05) is 0 Å². The minimum Gasteiger partial charge on any atom is -0.287 e. The molecule has 0 nitrogen and oxygen atoms in total. The van der Waals surface area contributed by atoms with Gasteiger partial charge in [-0.05, 0) is 6.82 Å². The van der Waals surface area contributed by atoms with Gasteiger partial charge in [0.1, 0.15) is 0 Å². The van der Waals surface area contributed by atoms with Gasteiger partial charge in [-0.3, -0.25) is 8.63 Å². The van der Waals surface area contributed by atoms with Gasteiger partial charge in [0.15, 0.2) is 0 Å². The van der Waals surface area contributed by atoms with Crippen LogP contribution in [0.25, 0.3) is 0 Å². The van der Waals surface area contributed by atoms with Crippen LogP contribution in [0.4, 0.5) is 8.63 Å². The zero-order chi connectivity index (χ0) is 3.58. The fourth-order valence-corrected chi connectivity index (χ4v) is 0. The van der Waals surface area contributed by atoms with E-state index in [-0.39, 0.29) is 0 Å². The number of hydrogen-bond donors (Lipinski definition) is 0. The van der Waals surface area contributed by atoms with E-state index in [1.807, 2.05) is 0 Å². The maximum atomic E-state index is 10.2. The van der Waals surface area contributed by atoms with Crippen LogP contribution < -0.4 is 0 Å². The molecule has 0 aromatic heterocycles. The lowest BCUT2D eigenvalue weighted by molar-refractivity contribution is 0.682. The van der Waals surface area contributed by atoms with Crippen molar-refractivity contribution in [1.29, 1.82) is 0 Å². The average Bonchev–Trinajstić information content (AvgIpc) is 0.811. The summed E-state index contributed by atoms with van der Waals surface area (Å²) in [6.07, 6.45) is 0. The van der Waals surface area contributed by atoms with E-state index in [0.717, 1.165) is 0 Å². The van der Waals surface area contributed by atoms with Crippen molar-refractivity contribution < 1.29 is 8.63 Å². The number of rotatable bonds is 0. The molecular formula is CH2BF2. The fraction of sp³-hybridized carbons (Fsp3) is 0. The Morgan fingerprint density at radius 3 is 1.50 bits per heavy atom. The summed E-state index contributed by atoms with van der Waals surface area (Å²) in [5.41, 5.74) is 0. The van der Waals surface area contributed by atoms with E-state index >= 15 is 0 Å². The topological polar surface area (TPSA) is 0 Å². The van der Waals surface area contributed by atoms with E-state index in [0.29, 0.717) is 0 Å². The normalized spacial score (nSPS) is 6.75. The summed E-state index contributed by atoms with van der Waals surface area (Å²) in [5, 5.41) is 0. The van der Waals surface area contributed by atoms with Gasteiger partial charge in [-0.15, -0.1) is 0 Å². The summed E-state index contributed by atoms with van der Waals surface area (Å²) in [5.74, 6) is 0. The highest BCUT2D eigenvalue weighted by Gasteiger charge is 1.95. The molecule has 0 aliphatic carbocycles. The molecular weight excluding hydrogens is 60.8 g/mol. The molecule has 0 heterocycles. The maximum absolute atomic E-state index is 10.2. The van der Waals surface area contributed by atoms with Crippen molar-refractivity contribution in [3.63, 3.8) is 0 Å². The fourth-order valence-electron chi connectivity index (χ4n) is 0. The van der Waals surface area contributed by atoms with Crippen LogP contribution in [0.2, 0.25) is 0 Å². The second kappa shape index (κ2) is 1.27. The first kappa shape index (κ1) is 3.92. The Bertz CT molecular complexity index is 10.8. The minimum absolute atomic E-state index is 2.31. The number of hydrogen-bond acceptors (Lipinski definition) is 0. The largest absolute Gasteiger partial charge is 0.537 e. The van der Waals surface area contributed by atoms with Gasteiger partial charge >= 0.3 is 7.27 Å². The first-order chi connectivity index (χ1) is 1.73. The quantitative estimate of drug-likeness (QED) is 0.364. The van der Waals surface area contributed by atoms with Crippen LogP contribution in [-0.4, -0.2) is 7.27 Å². The molecule has 0 aromatic rings. The van der Waals surface area contributed by atoms with Gasteiger partial charge in [0.2, 0.25) is 0 Å². The molecule has 0 atom stereocenters. The molecule has 0 amide bonds. The van der Waals surface area contributed by atoms with E-state index in [2.05, 4.69) is 6.82 Å². The Hall–Kier alpha value is -0.0751. The van der Waals surface area contributed by atoms with Crippen molar-refractivity contribution in [3.05, 3.63) is 6.82 Å². The molecule has 0 unspecified atom stereocenters. The minimum atomic E-state index is -2.42. The molecule has 0 saturated carbocycles. The average molecular weight is 62.8 g/mol. The Morgan fingerprint density at radius 2 is 1.50 bits per heavy atom. The van der Waals surface area contributed by atoms with Crippen LogP contribution in [0.3, 0.4) is 0 Å². The lowest BCUT2D eigenvalue weighted by atomic mass is 10.1. The Labute approximate surface area is 24.0 Å². The third-order valence-corrected chi connectivity index (χ3v) is 0. The predicted octanol–water partition coefficient (Wildman–Crippen LogP) is 0.787. The van der Waals surface area contributed by atoms with Crippen LogP contribution >= 0.6 is 0 Å². The second-order valence-electron chi connectivity index (χ2n) is 0.391. The molecule has 0 aliphatic heterocycles.